The summed E-state index contributed by atoms with van der Waals surface area (Å²) < 4.78 is 1.31. The monoisotopic (exact) mass is 196 g/mol. The van der Waals surface area contributed by atoms with Crippen LogP contribution in [0.1, 0.15) is 6.42 Å². The van der Waals surface area contributed by atoms with Crippen LogP contribution in [0.2, 0.25) is 0 Å². The molecule has 0 aliphatic carbocycles. The molecule has 0 unspecified atom stereocenters. The standard InChI is InChI=1S/C8H12N4O2/c1-9-7(13)2-3-11-8(14)12-5-4-10-6-12/h4-6H,2-3H2,1H3,(H,9,13)(H,11,14). The SMILES string of the molecule is CNC(=O)CCNC(=O)n1ccnc1. The summed E-state index contributed by atoms with van der Waals surface area (Å²) >= 11 is 0. The predicted octanol–water partition coefficient (Wildman–Crippen LogP) is -0.423. The van der Waals surface area contributed by atoms with Gasteiger partial charge in [0.05, 0.1) is 0 Å². The van der Waals surface area contributed by atoms with Gasteiger partial charge in [-0.1, -0.05) is 0 Å². The van der Waals surface area contributed by atoms with Crippen LogP contribution in [-0.4, -0.2) is 35.1 Å². The number of nitrogens with one attached hydrogen (secondary N) is 2. The number of carbonyl (C=O) groups excluding carboxylic acids is 2. The van der Waals surface area contributed by atoms with Crippen LogP contribution in [0.25, 0.3) is 0 Å². The summed E-state index contributed by atoms with van der Waals surface area (Å²) in [6.07, 6.45) is 4.72. The van der Waals surface area contributed by atoms with E-state index in [2.05, 4.69) is 15.6 Å². The van der Waals surface area contributed by atoms with E-state index in [9.17, 15) is 9.59 Å². The first kappa shape index (κ1) is 10.2. The second-order valence-electron chi connectivity index (χ2n) is 2.63. The van der Waals surface area contributed by atoms with E-state index in [4.69, 9.17) is 0 Å². The molecule has 0 aliphatic rings. The van der Waals surface area contributed by atoms with E-state index >= 15 is 0 Å². The number of rotatable bonds is 3. The number of carbonyl (C=O) groups is 2. The molecular formula is C8H12N4O2. The van der Waals surface area contributed by atoms with Gasteiger partial charge in [0.25, 0.3) is 0 Å². The molecule has 14 heavy (non-hydrogen) atoms. The summed E-state index contributed by atoms with van der Waals surface area (Å²) in [6, 6.07) is -0.286. The Morgan fingerprint density at radius 3 is 2.86 bits per heavy atom. The summed E-state index contributed by atoms with van der Waals surface area (Å²) in [5, 5.41) is 5.04. The van der Waals surface area contributed by atoms with Crippen molar-refractivity contribution < 1.29 is 9.59 Å². The number of amides is 2. The highest BCUT2D eigenvalue weighted by molar-refractivity contribution is 5.78. The zero-order chi connectivity index (χ0) is 10.4. The predicted molar refractivity (Wildman–Crippen MR) is 49.7 cm³/mol. The number of imidazole rings is 1. The molecule has 1 aromatic heterocycles. The Morgan fingerprint density at radius 2 is 2.29 bits per heavy atom. The first-order valence-corrected chi connectivity index (χ1v) is 4.21. The highest BCUT2D eigenvalue weighted by Gasteiger charge is 2.03. The van der Waals surface area contributed by atoms with E-state index in [0.29, 0.717) is 6.54 Å². The molecule has 1 rings (SSSR count). The third-order valence-corrected chi connectivity index (χ3v) is 1.65. The maximum Gasteiger partial charge on any atom is 0.326 e. The lowest BCUT2D eigenvalue weighted by atomic mass is 10.4. The molecule has 0 atom stereocenters. The van der Waals surface area contributed by atoms with Gasteiger partial charge < -0.3 is 10.6 Å². The Hall–Kier alpha value is -1.85. The molecule has 0 fully saturated rings. The third-order valence-electron chi connectivity index (χ3n) is 1.65. The molecule has 2 amide bonds. The van der Waals surface area contributed by atoms with Crippen LogP contribution in [-0.2, 0) is 4.79 Å². The van der Waals surface area contributed by atoms with Gasteiger partial charge in [0.1, 0.15) is 6.33 Å². The van der Waals surface area contributed by atoms with Gasteiger partial charge >= 0.3 is 6.03 Å². The molecule has 1 heterocycles. The summed E-state index contributed by atoms with van der Waals surface area (Å²) in [4.78, 5) is 25.8. The summed E-state index contributed by atoms with van der Waals surface area (Å²) in [6.45, 7) is 0.316. The zero-order valence-electron chi connectivity index (χ0n) is 7.86. The molecule has 0 radical (unpaired) electrons. The van der Waals surface area contributed by atoms with Gasteiger partial charge in [0, 0.05) is 32.4 Å². The molecule has 1 aromatic rings. The lowest BCUT2D eigenvalue weighted by molar-refractivity contribution is -0.120. The van der Waals surface area contributed by atoms with Gasteiger partial charge in [-0.05, 0) is 0 Å². The van der Waals surface area contributed by atoms with Crippen molar-refractivity contribution in [2.45, 2.75) is 6.42 Å². The molecule has 0 aromatic carbocycles. The Balaban J connectivity index is 2.26. The van der Waals surface area contributed by atoms with Crippen LogP contribution in [0.5, 0.6) is 0 Å². The molecule has 0 saturated heterocycles. The fraction of sp³-hybridized carbons (Fsp3) is 0.375. The van der Waals surface area contributed by atoms with Crippen LogP contribution in [0.15, 0.2) is 18.7 Å². The maximum atomic E-state index is 11.3. The van der Waals surface area contributed by atoms with E-state index in [1.165, 1.54) is 23.3 Å². The van der Waals surface area contributed by atoms with Crippen molar-refractivity contribution in [3.63, 3.8) is 0 Å². The molecule has 0 aliphatic heterocycles. The van der Waals surface area contributed by atoms with Crippen molar-refractivity contribution in [2.75, 3.05) is 13.6 Å². The number of hydrogen-bond donors (Lipinski definition) is 2. The van der Waals surface area contributed by atoms with E-state index < -0.39 is 0 Å². The summed E-state index contributed by atoms with van der Waals surface area (Å²) in [5.41, 5.74) is 0. The van der Waals surface area contributed by atoms with Gasteiger partial charge in [-0.2, -0.15) is 0 Å². The van der Waals surface area contributed by atoms with Gasteiger partial charge in [-0.25, -0.2) is 9.78 Å². The molecular weight excluding hydrogens is 184 g/mol. The minimum Gasteiger partial charge on any atom is -0.359 e. The average molecular weight is 196 g/mol. The lowest BCUT2D eigenvalue weighted by Gasteiger charge is -2.03. The molecule has 0 spiro atoms. The highest BCUT2D eigenvalue weighted by atomic mass is 16.2. The molecule has 0 saturated carbocycles. The Bertz CT molecular complexity index is 307. The summed E-state index contributed by atoms with van der Waals surface area (Å²) in [5.74, 6) is -0.101. The zero-order valence-corrected chi connectivity index (χ0v) is 7.86. The van der Waals surface area contributed by atoms with Crippen molar-refractivity contribution in [1.29, 1.82) is 0 Å². The Morgan fingerprint density at radius 1 is 1.50 bits per heavy atom. The fourth-order valence-electron chi connectivity index (χ4n) is 0.879. The minimum atomic E-state index is -0.286. The van der Waals surface area contributed by atoms with Crippen molar-refractivity contribution in [1.82, 2.24) is 20.2 Å². The number of aromatic nitrogens is 2. The lowest BCUT2D eigenvalue weighted by Crippen LogP contribution is -2.31. The minimum absolute atomic E-state index is 0.101. The largest absolute Gasteiger partial charge is 0.359 e. The van der Waals surface area contributed by atoms with Crippen molar-refractivity contribution in [2.24, 2.45) is 0 Å². The fourth-order valence-corrected chi connectivity index (χ4v) is 0.879. The highest BCUT2D eigenvalue weighted by Crippen LogP contribution is 1.85. The second-order valence-corrected chi connectivity index (χ2v) is 2.63. The molecule has 6 heteroatoms. The molecule has 6 nitrogen and oxygen atoms in total. The van der Waals surface area contributed by atoms with E-state index in [1.807, 2.05) is 0 Å². The van der Waals surface area contributed by atoms with Crippen molar-refractivity contribution >= 4 is 11.9 Å². The van der Waals surface area contributed by atoms with Gasteiger partial charge in [-0.15, -0.1) is 0 Å². The van der Waals surface area contributed by atoms with Crippen molar-refractivity contribution in [3.05, 3.63) is 18.7 Å². The average Bonchev–Trinajstić information content (AvgIpc) is 2.70. The van der Waals surface area contributed by atoms with E-state index in [1.54, 1.807) is 7.05 Å². The number of nitrogens with zero attached hydrogens (tertiary/aromatic N) is 2. The third kappa shape index (κ3) is 2.89. The number of hydrogen-bond acceptors (Lipinski definition) is 3. The van der Waals surface area contributed by atoms with Crippen LogP contribution in [0.4, 0.5) is 4.79 Å². The summed E-state index contributed by atoms with van der Waals surface area (Å²) in [7, 11) is 1.56. The topological polar surface area (TPSA) is 76.0 Å². The molecule has 2 N–H and O–H groups in total. The first-order valence-electron chi connectivity index (χ1n) is 4.21. The van der Waals surface area contributed by atoms with Crippen LogP contribution in [0, 0.1) is 0 Å². The molecule has 0 bridgehead atoms. The van der Waals surface area contributed by atoms with Crippen molar-refractivity contribution in [3.8, 4) is 0 Å². The van der Waals surface area contributed by atoms with Crippen LogP contribution < -0.4 is 10.6 Å². The first-order chi connectivity index (χ1) is 6.74. The Labute approximate surface area is 81.3 Å². The van der Waals surface area contributed by atoms with Gasteiger partial charge in [0.2, 0.25) is 5.91 Å². The van der Waals surface area contributed by atoms with E-state index in [-0.39, 0.29) is 18.4 Å². The van der Waals surface area contributed by atoms with Crippen LogP contribution >= 0.6 is 0 Å². The second kappa shape index (κ2) is 5.00. The normalized spacial score (nSPS) is 9.50. The van der Waals surface area contributed by atoms with Gasteiger partial charge in [-0.3, -0.25) is 9.36 Å². The Kier molecular flexibility index (Phi) is 3.66. The maximum absolute atomic E-state index is 11.3. The van der Waals surface area contributed by atoms with Crippen LogP contribution in [0.3, 0.4) is 0 Å². The van der Waals surface area contributed by atoms with Gasteiger partial charge in [0.15, 0.2) is 0 Å². The molecule has 76 valence electrons. The van der Waals surface area contributed by atoms with E-state index in [0.717, 1.165) is 0 Å². The smallest absolute Gasteiger partial charge is 0.326 e. The quantitative estimate of drug-likeness (QED) is 0.689.